The van der Waals surface area contributed by atoms with Crippen molar-refractivity contribution in [1.82, 2.24) is 19.1 Å². The maximum absolute atomic E-state index is 14.8. The van der Waals surface area contributed by atoms with Crippen LogP contribution in [0.5, 0.6) is 0 Å². The summed E-state index contributed by atoms with van der Waals surface area (Å²) >= 11 is 3.44. The second-order valence-corrected chi connectivity index (χ2v) is 29.2. The zero-order valence-electron chi connectivity index (χ0n) is 50.4. The van der Waals surface area contributed by atoms with Crippen LogP contribution in [-0.4, -0.2) is 87.2 Å². The second-order valence-electron chi connectivity index (χ2n) is 24.4. The van der Waals surface area contributed by atoms with Gasteiger partial charge in [0, 0.05) is 63.0 Å². The van der Waals surface area contributed by atoms with E-state index < -0.39 is 84.9 Å². The lowest BCUT2D eigenvalue weighted by Crippen LogP contribution is -2.41. The number of halogens is 5. The molecule has 2 aromatic heterocycles. The van der Waals surface area contributed by atoms with Gasteiger partial charge in [0.1, 0.15) is 46.1 Å². The molecule has 14 nitrogen and oxygen atoms in total. The summed E-state index contributed by atoms with van der Waals surface area (Å²) in [6.07, 6.45) is 5.45. The first kappa shape index (κ1) is 69.8. The highest BCUT2D eigenvalue weighted by atomic mass is 79.9. The van der Waals surface area contributed by atoms with Crippen LogP contribution in [0.4, 0.5) is 17.6 Å². The van der Waals surface area contributed by atoms with E-state index in [1.165, 1.54) is 30.3 Å². The summed E-state index contributed by atoms with van der Waals surface area (Å²) in [5, 5.41) is 39.8. The fourth-order valence-electron chi connectivity index (χ4n) is 9.71. The van der Waals surface area contributed by atoms with E-state index in [1.54, 1.807) is 93.1 Å². The number of imidazole rings is 2. The van der Waals surface area contributed by atoms with Crippen molar-refractivity contribution in [3.63, 3.8) is 0 Å². The molecule has 466 valence electrons. The zero-order valence-corrected chi connectivity index (χ0v) is 53.6. The largest absolute Gasteiger partial charge is 0.494 e. The van der Waals surface area contributed by atoms with E-state index in [0.717, 1.165) is 28.7 Å². The predicted molar refractivity (Wildman–Crippen MR) is 335 cm³/mol. The average Bonchev–Trinajstić information content (AvgIpc) is 1.76. The van der Waals surface area contributed by atoms with Crippen molar-refractivity contribution >= 4 is 48.2 Å². The molecule has 0 radical (unpaired) electrons. The highest BCUT2D eigenvalue weighted by Gasteiger charge is 2.52. The summed E-state index contributed by atoms with van der Waals surface area (Å²) in [6.45, 7) is 20.2. The molecule has 22 heteroatoms. The topological polar surface area (TPSA) is 203 Å². The van der Waals surface area contributed by atoms with Crippen LogP contribution < -0.4 is 5.46 Å². The number of aliphatic hydroxyl groups is 4. The highest BCUT2D eigenvalue weighted by molar-refractivity contribution is 9.10. The van der Waals surface area contributed by atoms with Gasteiger partial charge in [0.05, 0.1) is 56.4 Å². The van der Waals surface area contributed by atoms with Crippen molar-refractivity contribution in [2.24, 2.45) is 0 Å². The standard InChI is InChI=1S/C29H30F2N2O4S.C21H22BrFN2O.C14H20BFO5S.CH4/c1-28(2,22-8-6-7-9-23(22)30)27-32-26(29(3,4)35)16-33(27)20-12-10-18(11-13-20)19-14-24(31)21(17-34)25(15-19)38(5,36)37;1-20(2,16-7-5-6-8-17(16)23)19-24-18(21(3,4)26)13-25(19)15-11-9-14(22)10-12-15;1-13(2)14(3,4)21-15(20-13)9-6-11(16)10(8-17)12(7-9)22(5,18)19;/h6-16,34-35H,17H2,1-5H3;5-13,26H,1-4H3;6-7,17H,8H2,1-5H3;1H4. The van der Waals surface area contributed by atoms with Gasteiger partial charge in [-0.05, 0) is 172 Å². The van der Waals surface area contributed by atoms with Crippen molar-refractivity contribution in [3.8, 4) is 22.5 Å². The molecule has 6 aromatic carbocycles. The molecular weight excluding hydrogens is 1230 g/mol. The summed E-state index contributed by atoms with van der Waals surface area (Å²) in [7, 11) is -8.34. The van der Waals surface area contributed by atoms with Crippen LogP contribution >= 0.6 is 15.9 Å². The van der Waals surface area contributed by atoms with Gasteiger partial charge < -0.3 is 38.9 Å². The minimum atomic E-state index is -3.78. The van der Waals surface area contributed by atoms with E-state index in [2.05, 4.69) is 15.9 Å². The Morgan fingerprint density at radius 2 is 0.908 bits per heavy atom. The molecule has 1 fully saturated rings. The molecule has 4 N–H and O–H groups in total. The fraction of sp³-hybridized carbons (Fsp3) is 0.354. The summed E-state index contributed by atoms with van der Waals surface area (Å²) in [5.74, 6) is -1.08. The molecule has 0 spiro atoms. The van der Waals surface area contributed by atoms with Crippen LogP contribution in [0, 0.1) is 23.3 Å². The average molecular weight is 1300 g/mol. The van der Waals surface area contributed by atoms with Gasteiger partial charge in [-0.2, -0.15) is 0 Å². The Kier molecular flexibility index (Phi) is 20.6. The summed E-state index contributed by atoms with van der Waals surface area (Å²) < 4.78 is 122. The Bertz CT molecular complexity index is 4010. The van der Waals surface area contributed by atoms with Gasteiger partial charge in [-0.25, -0.2) is 44.4 Å². The van der Waals surface area contributed by atoms with Crippen LogP contribution in [0.25, 0.3) is 22.5 Å². The van der Waals surface area contributed by atoms with Crippen LogP contribution in [-0.2, 0) is 64.2 Å². The Balaban J connectivity index is 0.000000217. The quantitative estimate of drug-likeness (QED) is 0.0593. The Labute approximate surface area is 517 Å². The van der Waals surface area contributed by atoms with Gasteiger partial charge in [0.15, 0.2) is 19.7 Å². The van der Waals surface area contributed by atoms with Crippen LogP contribution in [0.3, 0.4) is 0 Å². The van der Waals surface area contributed by atoms with Crippen molar-refractivity contribution in [2.75, 3.05) is 12.5 Å². The smallest absolute Gasteiger partial charge is 0.399 e. The van der Waals surface area contributed by atoms with Gasteiger partial charge in [-0.1, -0.05) is 71.9 Å². The molecule has 87 heavy (non-hydrogen) atoms. The van der Waals surface area contributed by atoms with Crippen LogP contribution in [0.1, 0.15) is 136 Å². The normalized spacial score (nSPS) is 14.4. The molecular formula is C65H76BBrF4N4O10S2. The first-order valence-corrected chi connectivity index (χ1v) is 31.9. The van der Waals surface area contributed by atoms with Crippen LogP contribution in [0.15, 0.2) is 148 Å². The number of nitrogens with zero attached hydrogens (tertiary/aromatic N) is 4. The third kappa shape index (κ3) is 15.1. The summed E-state index contributed by atoms with van der Waals surface area (Å²) in [5.41, 5.74) is -0.997. The molecule has 0 amide bonds. The van der Waals surface area contributed by atoms with E-state index in [-0.39, 0.29) is 45.4 Å². The van der Waals surface area contributed by atoms with E-state index in [4.69, 9.17) is 19.3 Å². The summed E-state index contributed by atoms with van der Waals surface area (Å²) in [4.78, 5) is 8.89. The molecule has 0 aliphatic carbocycles. The Morgan fingerprint density at radius 3 is 1.28 bits per heavy atom. The van der Waals surface area contributed by atoms with E-state index >= 15 is 0 Å². The van der Waals surface area contributed by atoms with E-state index in [0.29, 0.717) is 51.0 Å². The van der Waals surface area contributed by atoms with Gasteiger partial charge in [0.25, 0.3) is 0 Å². The van der Waals surface area contributed by atoms with E-state index in [1.807, 2.05) is 96.5 Å². The monoisotopic (exact) mass is 1300 g/mol. The molecule has 1 aliphatic heterocycles. The molecule has 1 saturated heterocycles. The lowest BCUT2D eigenvalue weighted by atomic mass is 9.78. The van der Waals surface area contributed by atoms with Crippen molar-refractivity contribution in [3.05, 3.63) is 207 Å². The Morgan fingerprint density at radius 1 is 0.540 bits per heavy atom. The first-order chi connectivity index (χ1) is 39.6. The molecule has 0 bridgehead atoms. The number of aliphatic hydroxyl groups excluding tert-OH is 2. The van der Waals surface area contributed by atoms with Crippen molar-refractivity contribution in [1.29, 1.82) is 0 Å². The van der Waals surface area contributed by atoms with Crippen molar-refractivity contribution in [2.45, 2.75) is 147 Å². The second kappa shape index (κ2) is 25.6. The zero-order chi connectivity index (χ0) is 64.1. The molecule has 3 heterocycles. The van der Waals surface area contributed by atoms with Crippen molar-refractivity contribution < 1.29 is 64.1 Å². The third-order valence-corrected chi connectivity index (χ3v) is 18.3. The first-order valence-electron chi connectivity index (χ1n) is 27.3. The minimum Gasteiger partial charge on any atom is -0.399 e. The lowest BCUT2D eigenvalue weighted by Gasteiger charge is -2.32. The highest BCUT2D eigenvalue weighted by Crippen LogP contribution is 2.40. The Hall–Kier alpha value is -6.34. The SMILES string of the molecule is C.CC(C)(O)c1cn(-c2ccc(-c3cc(F)c(CO)c(S(C)(=O)=O)c3)cc2)c(C(C)(C)c2ccccc2F)n1.CC(C)(O)c1cn(-c2ccc(Br)cc2)c(C(C)(C)c2ccccc2F)n1.CC1(C)OB(c2cc(F)c(CO)c(S(C)(=O)=O)c2)OC1(C)C. The van der Waals surface area contributed by atoms with Gasteiger partial charge in [0.2, 0.25) is 0 Å². The van der Waals surface area contributed by atoms with Crippen LogP contribution in [0.2, 0.25) is 0 Å². The molecule has 0 atom stereocenters. The fourth-order valence-corrected chi connectivity index (χ4v) is 11.9. The number of sulfone groups is 2. The predicted octanol–water partition coefficient (Wildman–Crippen LogP) is 12.3. The molecule has 0 saturated carbocycles. The number of benzene rings is 6. The van der Waals surface area contributed by atoms with Gasteiger partial charge in [-0.3, -0.25) is 0 Å². The number of rotatable bonds is 14. The maximum atomic E-state index is 14.8. The van der Waals surface area contributed by atoms with Gasteiger partial charge >= 0.3 is 7.12 Å². The number of hydrogen-bond acceptors (Lipinski definition) is 12. The molecule has 8 aromatic rings. The molecule has 0 unspecified atom stereocenters. The number of aromatic nitrogens is 4. The molecule has 9 rings (SSSR count). The van der Waals surface area contributed by atoms with E-state index in [9.17, 15) is 54.8 Å². The third-order valence-electron chi connectivity index (χ3n) is 15.4. The lowest BCUT2D eigenvalue weighted by molar-refractivity contribution is 0.00578. The minimum absolute atomic E-state index is 0. The maximum Gasteiger partial charge on any atom is 0.494 e. The summed E-state index contributed by atoms with van der Waals surface area (Å²) in [6, 6.07) is 32.9. The van der Waals surface area contributed by atoms with Gasteiger partial charge in [-0.15, -0.1) is 0 Å². The number of hydrogen-bond donors (Lipinski definition) is 4. The molecule has 1 aliphatic rings.